The fourth-order valence-corrected chi connectivity index (χ4v) is 2.11. The molecule has 0 bridgehead atoms. The summed E-state index contributed by atoms with van der Waals surface area (Å²) in [4.78, 5) is 10.7. The molecular weight excluding hydrogens is 258 g/mol. The Morgan fingerprint density at radius 2 is 2.00 bits per heavy atom. The molecule has 6 N–H and O–H groups in total. The van der Waals surface area contributed by atoms with Crippen molar-refractivity contribution in [3.05, 3.63) is 22.7 Å². The van der Waals surface area contributed by atoms with E-state index in [2.05, 4.69) is 0 Å². The maximum absolute atomic E-state index is 11.1. The van der Waals surface area contributed by atoms with Crippen LogP contribution in [0.4, 0.5) is 0 Å². The molecule has 0 saturated carbocycles. The molecule has 9 heteroatoms. The third-order valence-corrected chi connectivity index (χ3v) is 3.11. The molecule has 0 aromatic heterocycles. The first-order chi connectivity index (χ1) is 7.27. The van der Waals surface area contributed by atoms with Gasteiger partial charge in [-0.05, 0) is 6.07 Å². The number of hydrogen-bond donors (Lipinski definition) is 4. The number of amides is 1. The second-order valence-electron chi connectivity index (χ2n) is 2.82. The highest BCUT2D eigenvalue weighted by Crippen LogP contribution is 2.28. The molecule has 7 nitrogen and oxygen atoms in total. The molecule has 0 spiro atoms. The van der Waals surface area contributed by atoms with Crippen molar-refractivity contribution in [3.8, 4) is 5.75 Å². The summed E-state index contributed by atoms with van der Waals surface area (Å²) < 4.78 is 22.2. The molecular formula is C7H8ClN3O4S. The lowest BCUT2D eigenvalue weighted by molar-refractivity contribution is 0.0951. The molecule has 1 aromatic carbocycles. The SMILES string of the molecule is NNC(=O)c1cc(S(N)(=O)=O)c(Cl)cc1O. The van der Waals surface area contributed by atoms with E-state index < -0.39 is 26.6 Å². The molecule has 0 radical (unpaired) electrons. The number of hydrogen-bond acceptors (Lipinski definition) is 5. The van der Waals surface area contributed by atoms with Gasteiger partial charge in [0.2, 0.25) is 10.0 Å². The Kier molecular flexibility index (Phi) is 3.38. The highest BCUT2D eigenvalue weighted by atomic mass is 35.5. The van der Waals surface area contributed by atoms with Gasteiger partial charge in [0.1, 0.15) is 10.6 Å². The van der Waals surface area contributed by atoms with Crippen molar-refractivity contribution in [2.24, 2.45) is 11.0 Å². The fourth-order valence-electron chi connectivity index (χ4n) is 1.02. The van der Waals surface area contributed by atoms with Gasteiger partial charge in [0, 0.05) is 6.07 Å². The highest BCUT2D eigenvalue weighted by molar-refractivity contribution is 7.89. The van der Waals surface area contributed by atoms with Crippen LogP contribution in [0.25, 0.3) is 0 Å². The van der Waals surface area contributed by atoms with Crippen molar-refractivity contribution in [1.82, 2.24) is 5.43 Å². The Morgan fingerprint density at radius 1 is 1.44 bits per heavy atom. The van der Waals surface area contributed by atoms with E-state index in [-0.39, 0.29) is 10.6 Å². The third kappa shape index (κ3) is 2.42. The molecule has 0 saturated heterocycles. The van der Waals surface area contributed by atoms with Gasteiger partial charge < -0.3 is 5.11 Å². The van der Waals surface area contributed by atoms with Crippen LogP contribution in [-0.4, -0.2) is 19.4 Å². The quantitative estimate of drug-likeness (QED) is 0.318. The molecule has 0 atom stereocenters. The number of phenols is 1. The molecule has 1 rings (SSSR count). The number of halogens is 1. The topological polar surface area (TPSA) is 136 Å². The van der Waals surface area contributed by atoms with Crippen molar-refractivity contribution in [2.75, 3.05) is 0 Å². The zero-order valence-electron chi connectivity index (χ0n) is 7.77. The Labute approximate surface area is 96.0 Å². The normalized spacial score (nSPS) is 11.2. The number of aromatic hydroxyl groups is 1. The van der Waals surface area contributed by atoms with Gasteiger partial charge in [-0.15, -0.1) is 0 Å². The van der Waals surface area contributed by atoms with Gasteiger partial charge >= 0.3 is 0 Å². The molecule has 0 unspecified atom stereocenters. The smallest absolute Gasteiger partial charge is 0.268 e. The number of primary sulfonamides is 1. The molecule has 1 amide bonds. The van der Waals surface area contributed by atoms with E-state index >= 15 is 0 Å². The van der Waals surface area contributed by atoms with Crippen LogP contribution in [0.1, 0.15) is 10.4 Å². The summed E-state index contributed by atoms with van der Waals surface area (Å²) in [6, 6.07) is 1.74. The van der Waals surface area contributed by atoms with Crippen LogP contribution in [0.3, 0.4) is 0 Å². The predicted molar refractivity (Wildman–Crippen MR) is 56.1 cm³/mol. The first-order valence-corrected chi connectivity index (χ1v) is 5.76. The minimum atomic E-state index is -4.08. The van der Waals surface area contributed by atoms with Crippen molar-refractivity contribution in [1.29, 1.82) is 0 Å². The summed E-state index contributed by atoms with van der Waals surface area (Å²) in [5, 5.41) is 13.9. The number of nitrogens with two attached hydrogens (primary N) is 2. The van der Waals surface area contributed by atoms with E-state index in [9.17, 15) is 18.3 Å². The van der Waals surface area contributed by atoms with Crippen LogP contribution in [-0.2, 0) is 10.0 Å². The maximum atomic E-state index is 11.1. The highest BCUT2D eigenvalue weighted by Gasteiger charge is 2.19. The number of phenolic OH excluding ortho intramolecular Hbond substituents is 1. The average molecular weight is 266 g/mol. The van der Waals surface area contributed by atoms with Crippen LogP contribution in [0.15, 0.2) is 17.0 Å². The second kappa shape index (κ2) is 4.26. The van der Waals surface area contributed by atoms with E-state index in [0.29, 0.717) is 0 Å². The molecule has 0 aliphatic carbocycles. The number of carbonyl (C=O) groups is 1. The second-order valence-corrected chi connectivity index (χ2v) is 4.76. The molecule has 0 heterocycles. The van der Waals surface area contributed by atoms with Crippen LogP contribution in [0, 0.1) is 0 Å². The zero-order valence-corrected chi connectivity index (χ0v) is 9.34. The van der Waals surface area contributed by atoms with Gasteiger partial charge in [0.25, 0.3) is 5.91 Å². The van der Waals surface area contributed by atoms with Crippen molar-refractivity contribution >= 4 is 27.5 Å². The van der Waals surface area contributed by atoms with E-state index in [4.69, 9.17) is 22.6 Å². The van der Waals surface area contributed by atoms with Crippen LogP contribution >= 0.6 is 11.6 Å². The standard InChI is InChI=1S/C7H8ClN3O4S/c8-4-2-5(12)3(7(13)11-9)1-6(4)16(10,14)15/h1-2,12H,9H2,(H,11,13)(H2,10,14,15). The lowest BCUT2D eigenvalue weighted by atomic mass is 10.2. The average Bonchev–Trinajstić information content (AvgIpc) is 2.14. The largest absolute Gasteiger partial charge is 0.507 e. The molecule has 88 valence electrons. The van der Waals surface area contributed by atoms with E-state index in [1.54, 1.807) is 5.43 Å². The molecule has 0 aliphatic heterocycles. The van der Waals surface area contributed by atoms with E-state index in [1.807, 2.05) is 0 Å². The minimum absolute atomic E-state index is 0.284. The van der Waals surface area contributed by atoms with Gasteiger partial charge in [-0.25, -0.2) is 19.4 Å². The summed E-state index contributed by atoms with van der Waals surface area (Å²) in [6.45, 7) is 0. The summed E-state index contributed by atoms with van der Waals surface area (Å²) >= 11 is 5.55. The van der Waals surface area contributed by atoms with E-state index in [0.717, 1.165) is 12.1 Å². The minimum Gasteiger partial charge on any atom is -0.507 e. The van der Waals surface area contributed by atoms with Gasteiger partial charge in [0.05, 0.1) is 10.6 Å². The summed E-state index contributed by atoms with van der Waals surface area (Å²) in [5.41, 5.74) is 1.41. The maximum Gasteiger partial charge on any atom is 0.268 e. The van der Waals surface area contributed by atoms with Crippen molar-refractivity contribution in [2.45, 2.75) is 4.90 Å². The lowest BCUT2D eigenvalue weighted by Crippen LogP contribution is -2.30. The summed E-state index contributed by atoms with van der Waals surface area (Å²) in [6.07, 6.45) is 0. The van der Waals surface area contributed by atoms with Gasteiger partial charge in [-0.3, -0.25) is 10.2 Å². The number of nitrogens with one attached hydrogen (secondary N) is 1. The molecule has 1 aromatic rings. The van der Waals surface area contributed by atoms with E-state index in [1.165, 1.54) is 0 Å². The number of carbonyl (C=O) groups excluding carboxylic acids is 1. The number of benzene rings is 1. The van der Waals surface area contributed by atoms with Gasteiger partial charge in [0.15, 0.2) is 0 Å². The molecule has 0 aliphatic rings. The summed E-state index contributed by atoms with van der Waals surface area (Å²) in [7, 11) is -4.08. The third-order valence-electron chi connectivity index (χ3n) is 1.73. The summed E-state index contributed by atoms with van der Waals surface area (Å²) in [5.74, 6) is 3.48. The Balaban J connectivity index is 3.51. The Hall–Kier alpha value is -1.35. The first kappa shape index (κ1) is 12.7. The van der Waals surface area contributed by atoms with Crippen molar-refractivity contribution in [3.63, 3.8) is 0 Å². The number of nitrogen functional groups attached to an aromatic ring is 1. The van der Waals surface area contributed by atoms with Crippen LogP contribution < -0.4 is 16.4 Å². The monoisotopic (exact) mass is 265 g/mol. The predicted octanol–water partition coefficient (Wildman–Crippen LogP) is -0.703. The lowest BCUT2D eigenvalue weighted by Gasteiger charge is -2.07. The van der Waals surface area contributed by atoms with Gasteiger partial charge in [-0.1, -0.05) is 11.6 Å². The Bertz CT molecular complexity index is 543. The number of hydrazine groups is 1. The first-order valence-electron chi connectivity index (χ1n) is 3.83. The number of rotatable bonds is 2. The van der Waals surface area contributed by atoms with Gasteiger partial charge in [-0.2, -0.15) is 0 Å². The van der Waals surface area contributed by atoms with Crippen LogP contribution in [0.2, 0.25) is 5.02 Å². The van der Waals surface area contributed by atoms with Crippen molar-refractivity contribution < 1.29 is 18.3 Å². The number of sulfonamides is 1. The Morgan fingerprint density at radius 3 is 2.44 bits per heavy atom. The fraction of sp³-hybridized carbons (Fsp3) is 0. The van der Waals surface area contributed by atoms with Crippen LogP contribution in [0.5, 0.6) is 5.75 Å². The zero-order chi connectivity index (χ0) is 12.5. The molecule has 0 fully saturated rings. The molecule has 16 heavy (non-hydrogen) atoms.